The zero-order valence-electron chi connectivity index (χ0n) is 24.3. The quantitative estimate of drug-likeness (QED) is 0.0905. The van der Waals surface area contributed by atoms with Crippen molar-refractivity contribution in [2.45, 2.75) is 46.6 Å². The van der Waals surface area contributed by atoms with E-state index in [1.807, 2.05) is 6.92 Å². The predicted octanol–water partition coefficient (Wildman–Crippen LogP) is 5.84. The molecular weight excluding hydrogens is 560 g/mol. The number of ether oxygens (including phenoxy) is 4. The number of aliphatic hydroxyl groups is 1. The molecule has 3 aromatic rings. The van der Waals surface area contributed by atoms with Crippen LogP contribution in [0.3, 0.4) is 0 Å². The lowest BCUT2D eigenvalue weighted by Crippen LogP contribution is -2.29. The van der Waals surface area contributed by atoms with Crippen LogP contribution in [0, 0.1) is 6.92 Å². The topological polar surface area (TPSA) is 124 Å². The van der Waals surface area contributed by atoms with Crippen LogP contribution in [0.4, 0.5) is 5.13 Å². The van der Waals surface area contributed by atoms with Crippen LogP contribution >= 0.6 is 11.3 Å². The molecule has 1 unspecified atom stereocenters. The molecule has 222 valence electrons. The van der Waals surface area contributed by atoms with Gasteiger partial charge < -0.3 is 24.1 Å². The Hall–Kier alpha value is -4.38. The predicted molar refractivity (Wildman–Crippen MR) is 159 cm³/mol. The maximum Gasteiger partial charge on any atom is 0.350 e. The Morgan fingerprint density at radius 3 is 2.40 bits per heavy atom. The molecule has 1 fully saturated rings. The van der Waals surface area contributed by atoms with Crippen LogP contribution in [0.25, 0.3) is 5.76 Å². The van der Waals surface area contributed by atoms with Crippen molar-refractivity contribution in [3.8, 4) is 17.2 Å². The number of ketones is 1. The molecule has 42 heavy (non-hydrogen) atoms. The van der Waals surface area contributed by atoms with Gasteiger partial charge in [-0.15, -0.1) is 0 Å². The number of hydrogen-bond donors (Lipinski definition) is 1. The normalized spacial score (nSPS) is 16.0. The molecule has 4 rings (SSSR count). The second-order valence-electron chi connectivity index (χ2n) is 9.37. The van der Waals surface area contributed by atoms with Gasteiger partial charge in [0, 0.05) is 5.56 Å². The minimum atomic E-state index is -1.07. The van der Waals surface area contributed by atoms with E-state index in [4.69, 9.17) is 18.9 Å². The van der Waals surface area contributed by atoms with E-state index in [0.29, 0.717) is 47.3 Å². The Kier molecular flexibility index (Phi) is 9.84. The number of methoxy groups -OCH3 is 1. The molecule has 1 amide bonds. The van der Waals surface area contributed by atoms with Crippen molar-refractivity contribution < 1.29 is 38.4 Å². The molecule has 2 aromatic carbocycles. The highest BCUT2D eigenvalue weighted by molar-refractivity contribution is 7.17. The van der Waals surface area contributed by atoms with Gasteiger partial charge in [0.1, 0.15) is 16.4 Å². The number of carbonyl (C=O) groups is 3. The van der Waals surface area contributed by atoms with E-state index in [1.165, 1.54) is 12.0 Å². The van der Waals surface area contributed by atoms with Gasteiger partial charge >= 0.3 is 11.9 Å². The highest BCUT2D eigenvalue weighted by atomic mass is 32.1. The zero-order chi connectivity index (χ0) is 30.4. The number of esters is 1. The fraction of sp³-hybridized carbons (Fsp3) is 0.355. The monoisotopic (exact) mass is 594 g/mol. The van der Waals surface area contributed by atoms with Crippen LogP contribution in [-0.2, 0) is 14.3 Å². The second kappa shape index (κ2) is 13.5. The molecule has 1 aliphatic heterocycles. The van der Waals surface area contributed by atoms with Crippen molar-refractivity contribution in [1.82, 2.24) is 4.98 Å². The van der Waals surface area contributed by atoms with Gasteiger partial charge in [0.2, 0.25) is 0 Å². The first-order chi connectivity index (χ1) is 20.2. The number of carbonyl (C=O) groups excluding carboxylic acids is 3. The number of rotatable bonds is 12. The summed E-state index contributed by atoms with van der Waals surface area (Å²) in [6, 6.07) is 10.6. The highest BCUT2D eigenvalue weighted by Gasteiger charge is 2.48. The molecule has 1 atom stereocenters. The first-order valence-corrected chi connectivity index (χ1v) is 14.6. The maximum absolute atomic E-state index is 13.6. The third kappa shape index (κ3) is 6.11. The van der Waals surface area contributed by atoms with E-state index in [2.05, 4.69) is 11.9 Å². The first kappa shape index (κ1) is 30.6. The summed E-state index contributed by atoms with van der Waals surface area (Å²) in [5, 5.41) is 11.6. The largest absolute Gasteiger partial charge is 0.507 e. The Morgan fingerprint density at radius 2 is 1.76 bits per heavy atom. The lowest BCUT2D eigenvalue weighted by atomic mass is 9.95. The van der Waals surface area contributed by atoms with Crippen LogP contribution in [0.2, 0.25) is 0 Å². The van der Waals surface area contributed by atoms with Crippen LogP contribution in [0.15, 0.2) is 48.0 Å². The number of aliphatic hydroxyl groups excluding tert-OH is 1. The van der Waals surface area contributed by atoms with E-state index >= 15 is 0 Å². The Bertz CT molecular complexity index is 1500. The first-order valence-electron chi connectivity index (χ1n) is 13.7. The van der Waals surface area contributed by atoms with Gasteiger partial charge in [-0.2, -0.15) is 0 Å². The summed E-state index contributed by atoms with van der Waals surface area (Å²) in [7, 11) is 1.52. The molecule has 11 heteroatoms. The highest BCUT2D eigenvalue weighted by Crippen LogP contribution is 2.45. The number of aromatic nitrogens is 1. The van der Waals surface area contributed by atoms with Gasteiger partial charge in [0.25, 0.3) is 5.78 Å². The molecule has 0 saturated carbocycles. The van der Waals surface area contributed by atoms with Crippen LogP contribution in [0.1, 0.15) is 66.1 Å². The van der Waals surface area contributed by atoms with E-state index in [0.717, 1.165) is 24.2 Å². The average Bonchev–Trinajstić information content (AvgIpc) is 3.50. The zero-order valence-corrected chi connectivity index (χ0v) is 25.1. The van der Waals surface area contributed by atoms with Crippen molar-refractivity contribution in [3.05, 3.63) is 69.7 Å². The molecule has 10 nitrogen and oxygen atoms in total. The second-order valence-corrected chi connectivity index (χ2v) is 10.3. The molecule has 1 aliphatic rings. The summed E-state index contributed by atoms with van der Waals surface area (Å²) in [5.74, 6) is -1.19. The van der Waals surface area contributed by atoms with Gasteiger partial charge in [0.15, 0.2) is 16.6 Å². The standard InChI is InChI=1S/C31H34N2O8S/c1-6-9-16-41-22-15-12-20(17-23(22)39-7-2)25-24(26(34)19-10-13-21(38-5)14-11-19)27(35)29(36)33(25)31-32-18(4)28(42-31)30(37)40-8-3/h10-15,17,25,34H,6-9,16H2,1-5H3. The van der Waals surface area contributed by atoms with E-state index in [-0.39, 0.29) is 27.9 Å². The van der Waals surface area contributed by atoms with Gasteiger partial charge in [0.05, 0.1) is 44.2 Å². The lowest BCUT2D eigenvalue weighted by molar-refractivity contribution is -0.132. The fourth-order valence-corrected chi connectivity index (χ4v) is 5.52. The number of hydrogen-bond acceptors (Lipinski definition) is 10. The number of amides is 1. The van der Waals surface area contributed by atoms with Crippen LogP contribution in [0.5, 0.6) is 17.2 Å². The van der Waals surface area contributed by atoms with Crippen molar-refractivity contribution >= 4 is 39.9 Å². The number of anilines is 1. The van der Waals surface area contributed by atoms with Crippen LogP contribution in [-0.4, -0.2) is 54.7 Å². The maximum atomic E-state index is 13.6. The van der Waals surface area contributed by atoms with Crippen molar-refractivity contribution in [2.24, 2.45) is 0 Å². The smallest absolute Gasteiger partial charge is 0.350 e. The van der Waals surface area contributed by atoms with Crippen molar-refractivity contribution in [2.75, 3.05) is 31.8 Å². The SMILES string of the molecule is CCCCOc1ccc(C2C(=C(O)c3ccc(OC)cc3)C(=O)C(=O)N2c2nc(C)c(C(=O)OCC)s2)cc1OCC. The Balaban J connectivity index is 1.90. The molecule has 0 radical (unpaired) electrons. The lowest BCUT2D eigenvalue weighted by Gasteiger charge is -2.24. The number of aryl methyl sites for hydroxylation is 1. The third-order valence-corrected chi connectivity index (χ3v) is 7.74. The summed E-state index contributed by atoms with van der Waals surface area (Å²) in [5.41, 5.74) is 1.05. The summed E-state index contributed by atoms with van der Waals surface area (Å²) >= 11 is 0.945. The molecule has 0 bridgehead atoms. The van der Waals surface area contributed by atoms with Crippen molar-refractivity contribution in [1.29, 1.82) is 0 Å². The number of nitrogens with zero attached hydrogens (tertiary/aromatic N) is 2. The van der Waals surface area contributed by atoms with Crippen molar-refractivity contribution in [3.63, 3.8) is 0 Å². The van der Waals surface area contributed by atoms with E-state index in [1.54, 1.807) is 56.3 Å². The molecule has 1 saturated heterocycles. The fourth-order valence-electron chi connectivity index (χ4n) is 4.53. The molecular formula is C31H34N2O8S. The van der Waals surface area contributed by atoms with E-state index < -0.39 is 23.7 Å². The Labute approximate surface area is 248 Å². The molecule has 0 aliphatic carbocycles. The number of Topliss-reactive ketones (excluding diaryl/α,β-unsaturated/α-hetero) is 1. The average molecular weight is 595 g/mol. The van der Waals surface area contributed by atoms with Gasteiger partial charge in [-0.25, -0.2) is 9.78 Å². The summed E-state index contributed by atoms with van der Waals surface area (Å²) in [6.45, 7) is 8.26. The summed E-state index contributed by atoms with van der Waals surface area (Å²) < 4.78 is 22.2. The van der Waals surface area contributed by atoms with E-state index in [9.17, 15) is 19.5 Å². The minimum absolute atomic E-state index is 0.123. The molecule has 1 N–H and O–H groups in total. The molecule has 0 spiro atoms. The van der Waals surface area contributed by atoms with Gasteiger partial charge in [-0.1, -0.05) is 30.7 Å². The number of thiazole rings is 1. The summed E-state index contributed by atoms with van der Waals surface area (Å²) in [6.07, 6.45) is 1.82. The Morgan fingerprint density at radius 1 is 1.02 bits per heavy atom. The minimum Gasteiger partial charge on any atom is -0.507 e. The van der Waals surface area contributed by atoms with Crippen LogP contribution < -0.4 is 19.1 Å². The van der Waals surface area contributed by atoms with Gasteiger partial charge in [-0.3, -0.25) is 14.5 Å². The number of benzene rings is 2. The molecule has 1 aromatic heterocycles. The van der Waals surface area contributed by atoms with Gasteiger partial charge in [-0.05, 0) is 69.2 Å². The summed E-state index contributed by atoms with van der Waals surface area (Å²) in [4.78, 5) is 45.6. The number of unbranched alkanes of at least 4 members (excludes halogenated alkanes) is 1. The molecule has 2 heterocycles. The third-order valence-electron chi connectivity index (χ3n) is 6.60.